The fourth-order valence-corrected chi connectivity index (χ4v) is 4.31. The van der Waals surface area contributed by atoms with Crippen LogP contribution in [0.1, 0.15) is 68.7 Å². The van der Waals surface area contributed by atoms with Gasteiger partial charge in [-0.25, -0.2) is 4.79 Å². The fourth-order valence-electron chi connectivity index (χ4n) is 4.31. The van der Waals surface area contributed by atoms with Gasteiger partial charge in [0, 0.05) is 18.0 Å². The van der Waals surface area contributed by atoms with Crippen LogP contribution < -0.4 is 21.4 Å². The molecular weight excluding hydrogens is 372 g/mol. The standard InChI is InChI=1S/C21H26N4O4/c1-2-29-17-11-7-6-10-14(17)15-12-16(24-23-15)18-19(26)22-21(28)25(20(18)27)13-8-4-3-5-9-13/h6-7,10-11,13,15,23,27H,2-5,8-9,12H2,1H3,(H,22,26,28)/t15-/m0/s1. The van der Waals surface area contributed by atoms with Gasteiger partial charge < -0.3 is 15.3 Å². The third-order valence-electron chi connectivity index (χ3n) is 5.69. The molecular formula is C21H26N4O4. The summed E-state index contributed by atoms with van der Waals surface area (Å²) >= 11 is 0. The molecule has 8 heteroatoms. The van der Waals surface area contributed by atoms with E-state index in [2.05, 4.69) is 15.5 Å². The van der Waals surface area contributed by atoms with Crippen molar-refractivity contribution in [3.63, 3.8) is 0 Å². The van der Waals surface area contributed by atoms with Gasteiger partial charge in [0.25, 0.3) is 5.56 Å². The lowest BCUT2D eigenvalue weighted by atomic mass is 9.95. The number of benzene rings is 1. The van der Waals surface area contributed by atoms with Gasteiger partial charge in [-0.05, 0) is 25.8 Å². The number of ether oxygens (including phenoxy) is 1. The lowest BCUT2D eigenvalue weighted by Crippen LogP contribution is -2.36. The Morgan fingerprint density at radius 3 is 2.72 bits per heavy atom. The summed E-state index contributed by atoms with van der Waals surface area (Å²) in [5, 5.41) is 15.2. The van der Waals surface area contributed by atoms with Gasteiger partial charge in [-0.1, -0.05) is 37.5 Å². The van der Waals surface area contributed by atoms with Gasteiger partial charge in [-0.15, -0.1) is 0 Å². The summed E-state index contributed by atoms with van der Waals surface area (Å²) in [6, 6.07) is 7.39. The highest BCUT2D eigenvalue weighted by molar-refractivity contribution is 6.03. The normalized spacial score (nSPS) is 19.6. The highest BCUT2D eigenvalue weighted by Crippen LogP contribution is 2.34. The topological polar surface area (TPSA) is 109 Å². The molecule has 0 spiro atoms. The third-order valence-corrected chi connectivity index (χ3v) is 5.69. The third kappa shape index (κ3) is 3.66. The molecule has 0 radical (unpaired) electrons. The Labute approximate surface area is 168 Å². The van der Waals surface area contributed by atoms with E-state index in [9.17, 15) is 14.7 Å². The molecule has 1 aliphatic heterocycles. The molecule has 1 aromatic heterocycles. The van der Waals surface area contributed by atoms with E-state index >= 15 is 0 Å². The molecule has 2 heterocycles. The molecule has 1 aliphatic carbocycles. The molecule has 0 amide bonds. The number of nitrogens with one attached hydrogen (secondary N) is 2. The van der Waals surface area contributed by atoms with Crippen molar-refractivity contribution >= 4 is 5.71 Å². The summed E-state index contributed by atoms with van der Waals surface area (Å²) in [6.07, 6.45) is 5.17. The maximum Gasteiger partial charge on any atom is 0.331 e. The number of aromatic amines is 1. The van der Waals surface area contributed by atoms with Crippen LogP contribution in [0, 0.1) is 0 Å². The molecule has 2 aromatic rings. The average Bonchev–Trinajstić information content (AvgIpc) is 3.18. The van der Waals surface area contributed by atoms with Crippen LogP contribution >= 0.6 is 0 Å². The maximum atomic E-state index is 12.5. The molecule has 1 atom stereocenters. The Bertz CT molecular complexity index is 1030. The number of hydrogen-bond donors (Lipinski definition) is 3. The lowest BCUT2D eigenvalue weighted by molar-refractivity contribution is 0.298. The van der Waals surface area contributed by atoms with Crippen LogP contribution in [0.5, 0.6) is 11.6 Å². The number of hydrazone groups is 1. The second-order valence-electron chi connectivity index (χ2n) is 7.53. The second-order valence-corrected chi connectivity index (χ2v) is 7.53. The van der Waals surface area contributed by atoms with Crippen LogP contribution in [0.2, 0.25) is 0 Å². The van der Waals surface area contributed by atoms with E-state index in [4.69, 9.17) is 4.74 Å². The van der Waals surface area contributed by atoms with Crippen LogP contribution in [0.3, 0.4) is 0 Å². The SMILES string of the molecule is CCOc1ccccc1[C@@H]1CC(c2c(O)n(C3CCCCC3)c(=O)[nH]c2=O)=NN1. The van der Waals surface area contributed by atoms with Crippen molar-refractivity contribution in [3.05, 3.63) is 56.2 Å². The first-order valence-corrected chi connectivity index (χ1v) is 10.2. The lowest BCUT2D eigenvalue weighted by Gasteiger charge is -2.25. The second kappa shape index (κ2) is 8.14. The molecule has 154 valence electrons. The molecule has 0 unspecified atom stereocenters. The highest BCUT2D eigenvalue weighted by atomic mass is 16.5. The van der Waals surface area contributed by atoms with Gasteiger partial charge in [0.2, 0.25) is 5.88 Å². The first-order valence-electron chi connectivity index (χ1n) is 10.2. The fraction of sp³-hybridized carbons (Fsp3) is 0.476. The number of aromatic hydroxyl groups is 1. The van der Waals surface area contributed by atoms with Crippen LogP contribution in [0.4, 0.5) is 0 Å². The predicted molar refractivity (Wildman–Crippen MR) is 110 cm³/mol. The van der Waals surface area contributed by atoms with E-state index in [1.807, 2.05) is 31.2 Å². The molecule has 0 bridgehead atoms. The first-order chi connectivity index (χ1) is 14.1. The van der Waals surface area contributed by atoms with Crippen LogP contribution in [-0.2, 0) is 0 Å². The zero-order valence-electron chi connectivity index (χ0n) is 16.5. The number of aromatic nitrogens is 2. The number of rotatable bonds is 5. The minimum Gasteiger partial charge on any atom is -0.494 e. The van der Waals surface area contributed by atoms with Crippen molar-refractivity contribution in [1.82, 2.24) is 15.0 Å². The van der Waals surface area contributed by atoms with Gasteiger partial charge in [-0.3, -0.25) is 14.3 Å². The first kappa shape index (κ1) is 19.3. The van der Waals surface area contributed by atoms with E-state index in [1.165, 1.54) is 4.57 Å². The van der Waals surface area contributed by atoms with Crippen molar-refractivity contribution in [1.29, 1.82) is 0 Å². The smallest absolute Gasteiger partial charge is 0.331 e. The van der Waals surface area contributed by atoms with E-state index in [1.54, 1.807) is 0 Å². The number of para-hydroxylation sites is 1. The summed E-state index contributed by atoms with van der Waals surface area (Å²) < 4.78 is 7.03. The molecule has 3 N–H and O–H groups in total. The van der Waals surface area contributed by atoms with Crippen LogP contribution in [-0.4, -0.2) is 27.0 Å². The monoisotopic (exact) mass is 398 g/mol. The summed E-state index contributed by atoms with van der Waals surface area (Å²) in [7, 11) is 0. The molecule has 8 nitrogen and oxygen atoms in total. The highest BCUT2D eigenvalue weighted by Gasteiger charge is 2.30. The number of nitrogens with zero attached hydrogens (tertiary/aromatic N) is 2. The molecule has 1 aromatic carbocycles. The minimum absolute atomic E-state index is 0.0686. The molecule has 4 rings (SSSR count). The van der Waals surface area contributed by atoms with Crippen molar-refractivity contribution in [2.75, 3.05) is 6.61 Å². The molecule has 2 aliphatic rings. The van der Waals surface area contributed by atoms with Gasteiger partial charge in [0.15, 0.2) is 0 Å². The quantitative estimate of drug-likeness (QED) is 0.717. The average molecular weight is 398 g/mol. The van der Waals surface area contributed by atoms with Gasteiger partial charge in [0.1, 0.15) is 11.3 Å². The summed E-state index contributed by atoms with van der Waals surface area (Å²) in [4.78, 5) is 27.3. The van der Waals surface area contributed by atoms with Crippen molar-refractivity contribution < 1.29 is 9.84 Å². The van der Waals surface area contributed by atoms with Crippen LogP contribution in [0.15, 0.2) is 39.0 Å². The molecule has 0 saturated heterocycles. The largest absolute Gasteiger partial charge is 0.494 e. The number of H-pyrrole nitrogens is 1. The van der Waals surface area contributed by atoms with Gasteiger partial charge in [0.05, 0.1) is 18.4 Å². The van der Waals surface area contributed by atoms with Crippen molar-refractivity contribution in [2.45, 2.75) is 57.5 Å². The van der Waals surface area contributed by atoms with E-state index in [-0.39, 0.29) is 23.5 Å². The molecule has 1 fully saturated rings. The van der Waals surface area contributed by atoms with Crippen LogP contribution in [0.25, 0.3) is 0 Å². The maximum absolute atomic E-state index is 12.5. The Morgan fingerprint density at radius 2 is 1.97 bits per heavy atom. The van der Waals surface area contributed by atoms with E-state index in [0.29, 0.717) is 18.7 Å². The predicted octanol–water partition coefficient (Wildman–Crippen LogP) is 2.58. The molecule has 29 heavy (non-hydrogen) atoms. The zero-order chi connectivity index (χ0) is 20.4. The van der Waals surface area contributed by atoms with Crippen molar-refractivity contribution in [2.24, 2.45) is 5.10 Å². The zero-order valence-corrected chi connectivity index (χ0v) is 16.5. The van der Waals surface area contributed by atoms with Gasteiger partial charge >= 0.3 is 5.69 Å². The number of hydrogen-bond acceptors (Lipinski definition) is 6. The van der Waals surface area contributed by atoms with Crippen molar-refractivity contribution in [3.8, 4) is 11.6 Å². The van der Waals surface area contributed by atoms with Gasteiger partial charge in [-0.2, -0.15) is 5.10 Å². The Balaban J connectivity index is 1.66. The van der Waals surface area contributed by atoms with E-state index in [0.717, 1.165) is 43.4 Å². The Hall–Kier alpha value is -3.03. The summed E-state index contributed by atoms with van der Waals surface area (Å²) in [5.41, 5.74) is 3.31. The van der Waals surface area contributed by atoms with E-state index < -0.39 is 11.2 Å². The summed E-state index contributed by atoms with van der Waals surface area (Å²) in [5.74, 6) is 0.471. The minimum atomic E-state index is -0.612. The summed E-state index contributed by atoms with van der Waals surface area (Å²) in [6.45, 7) is 2.47. The molecule has 1 saturated carbocycles. The Kier molecular flexibility index (Phi) is 5.42. The Morgan fingerprint density at radius 1 is 1.21 bits per heavy atom.